The Morgan fingerprint density at radius 2 is 0.682 bits per heavy atom. The van der Waals surface area contributed by atoms with Crippen LogP contribution in [0.2, 0.25) is 0 Å². The quantitative estimate of drug-likeness (QED) is 0.189. The van der Waals surface area contributed by atoms with Gasteiger partial charge in [-0.1, -0.05) is 76.4 Å². The van der Waals surface area contributed by atoms with Crippen molar-refractivity contribution < 1.29 is 9.59 Å². The average Bonchev–Trinajstić information content (AvgIpc) is 2.54. The summed E-state index contributed by atoms with van der Waals surface area (Å²) in [5.41, 5.74) is 0. The first-order valence-electron chi connectivity index (χ1n) is 9.12. The van der Waals surface area contributed by atoms with Crippen LogP contribution < -0.4 is 0 Å². The Hall–Kier alpha value is -1.18. The van der Waals surface area contributed by atoms with Crippen molar-refractivity contribution in [1.29, 1.82) is 0 Å². The molecule has 0 heterocycles. The molecule has 22 heavy (non-hydrogen) atoms. The van der Waals surface area contributed by atoms with Gasteiger partial charge in [0.05, 0.1) is 0 Å². The molecule has 126 valence electrons. The van der Waals surface area contributed by atoms with Gasteiger partial charge in [0.15, 0.2) is 0 Å². The molecule has 0 aromatic carbocycles. The summed E-state index contributed by atoms with van der Waals surface area (Å²) >= 11 is 0. The first kappa shape index (κ1) is 20.8. The fourth-order valence-electron chi connectivity index (χ4n) is 2.60. The highest BCUT2D eigenvalue weighted by Crippen LogP contribution is 2.13. The van der Waals surface area contributed by atoms with Crippen LogP contribution in [0.5, 0.6) is 0 Å². The van der Waals surface area contributed by atoms with Crippen LogP contribution in [0.1, 0.15) is 89.9 Å². The molecule has 0 unspecified atom stereocenters. The van der Waals surface area contributed by atoms with Gasteiger partial charge in [-0.15, -0.1) is 0 Å². The summed E-state index contributed by atoms with van der Waals surface area (Å²) in [6.07, 6.45) is 26.8. The van der Waals surface area contributed by atoms with Crippen molar-refractivity contribution in [3.63, 3.8) is 0 Å². The normalized spacial score (nSPS) is 11.5. The largest absolute Gasteiger partial charge is 0.299 e. The highest BCUT2D eigenvalue weighted by Gasteiger charge is 1.93. The fraction of sp³-hybridized carbons (Fsp3) is 0.700. The molecular weight excluding hydrogens is 272 g/mol. The van der Waals surface area contributed by atoms with E-state index in [1.807, 2.05) is 12.2 Å². The molecule has 0 amide bonds. The minimum absolute atomic E-state index is 0.852. The third kappa shape index (κ3) is 18.8. The number of carbonyl (C=O) groups excluding carboxylic acids is 2. The maximum atomic E-state index is 10.1. The van der Waals surface area contributed by atoms with Crippen molar-refractivity contribution in [2.24, 2.45) is 0 Å². The van der Waals surface area contributed by atoms with Crippen LogP contribution in [-0.4, -0.2) is 12.6 Å². The minimum atomic E-state index is 0.852. The maximum Gasteiger partial charge on any atom is 0.142 e. The van der Waals surface area contributed by atoms with Crippen molar-refractivity contribution >= 4 is 12.6 Å². The van der Waals surface area contributed by atoms with Gasteiger partial charge in [0, 0.05) is 0 Å². The highest BCUT2D eigenvalue weighted by molar-refractivity contribution is 5.64. The Morgan fingerprint density at radius 1 is 0.409 bits per heavy atom. The van der Waals surface area contributed by atoms with Crippen LogP contribution in [0.4, 0.5) is 0 Å². The summed E-state index contributed by atoms with van der Waals surface area (Å²) in [7, 11) is 0. The van der Waals surface area contributed by atoms with Crippen LogP contribution >= 0.6 is 0 Å². The molecule has 0 rings (SSSR count). The van der Waals surface area contributed by atoms with E-state index in [4.69, 9.17) is 0 Å². The summed E-state index contributed by atoms with van der Waals surface area (Å²) in [6, 6.07) is 0. The predicted octanol–water partition coefficient (Wildman–Crippen LogP) is 5.96. The lowest BCUT2D eigenvalue weighted by Crippen LogP contribution is -1.83. The molecule has 0 N–H and O–H groups in total. The van der Waals surface area contributed by atoms with E-state index in [2.05, 4.69) is 0 Å². The van der Waals surface area contributed by atoms with Crippen LogP contribution in [0.3, 0.4) is 0 Å². The Kier molecular flexibility index (Phi) is 18.8. The second kappa shape index (κ2) is 19.8. The lowest BCUT2D eigenvalue weighted by molar-refractivity contribution is -0.104. The van der Waals surface area contributed by atoms with Gasteiger partial charge in [-0.2, -0.15) is 0 Å². The van der Waals surface area contributed by atoms with E-state index >= 15 is 0 Å². The van der Waals surface area contributed by atoms with Crippen molar-refractivity contribution in [2.45, 2.75) is 89.9 Å². The molecule has 0 atom stereocenters. The zero-order valence-corrected chi connectivity index (χ0v) is 14.2. The van der Waals surface area contributed by atoms with E-state index in [0.717, 1.165) is 25.4 Å². The van der Waals surface area contributed by atoms with E-state index in [1.54, 1.807) is 12.2 Å². The van der Waals surface area contributed by atoms with Gasteiger partial charge < -0.3 is 0 Å². The average molecular weight is 306 g/mol. The van der Waals surface area contributed by atoms with Crippen molar-refractivity contribution in [1.82, 2.24) is 0 Å². The third-order valence-electron chi connectivity index (χ3n) is 3.92. The van der Waals surface area contributed by atoms with Gasteiger partial charge in [0.2, 0.25) is 0 Å². The van der Waals surface area contributed by atoms with Gasteiger partial charge in [-0.25, -0.2) is 0 Å². The molecule has 0 aliphatic rings. The summed E-state index contributed by atoms with van der Waals surface area (Å²) in [5, 5.41) is 0. The Balaban J connectivity index is 3.02. The van der Waals surface area contributed by atoms with Crippen LogP contribution in [-0.2, 0) is 9.59 Å². The van der Waals surface area contributed by atoms with Gasteiger partial charge in [-0.05, 0) is 37.8 Å². The number of rotatable bonds is 17. The second-order valence-electron chi connectivity index (χ2n) is 5.95. The minimum Gasteiger partial charge on any atom is -0.299 e. The molecule has 0 aliphatic heterocycles. The molecule has 0 aromatic rings. The molecular formula is C20H34O2. The fourth-order valence-corrected chi connectivity index (χ4v) is 2.60. The Labute approximate surface area is 137 Å². The van der Waals surface area contributed by atoms with Gasteiger partial charge in [0.1, 0.15) is 12.6 Å². The number of hydrogen-bond acceptors (Lipinski definition) is 2. The summed E-state index contributed by atoms with van der Waals surface area (Å²) < 4.78 is 0. The first-order chi connectivity index (χ1) is 10.9. The van der Waals surface area contributed by atoms with E-state index < -0.39 is 0 Å². The van der Waals surface area contributed by atoms with Crippen LogP contribution in [0, 0.1) is 0 Å². The van der Waals surface area contributed by atoms with Gasteiger partial charge in [-0.3, -0.25) is 9.59 Å². The van der Waals surface area contributed by atoms with Gasteiger partial charge >= 0.3 is 0 Å². The van der Waals surface area contributed by atoms with Crippen LogP contribution in [0.25, 0.3) is 0 Å². The number of unbranched alkanes of at least 4 members (excludes halogenated alkanes) is 13. The standard InChI is InChI=1S/C20H34O2/c21-19-17-15-13-11-9-7-5-3-1-2-4-6-8-10-12-14-16-18-20-22/h15-20H,1-14H2. The summed E-state index contributed by atoms with van der Waals surface area (Å²) in [4.78, 5) is 20.2. The van der Waals surface area contributed by atoms with Crippen molar-refractivity contribution in [3.05, 3.63) is 24.3 Å². The zero-order chi connectivity index (χ0) is 16.1. The number of hydrogen-bond donors (Lipinski definition) is 0. The third-order valence-corrected chi connectivity index (χ3v) is 3.92. The molecule has 0 aliphatic carbocycles. The van der Waals surface area contributed by atoms with Crippen molar-refractivity contribution in [2.75, 3.05) is 0 Å². The lowest BCUT2D eigenvalue weighted by Gasteiger charge is -2.02. The molecule has 0 aromatic heterocycles. The topological polar surface area (TPSA) is 34.1 Å². The Bertz CT molecular complexity index is 262. The summed E-state index contributed by atoms with van der Waals surface area (Å²) in [6.45, 7) is 0. The summed E-state index contributed by atoms with van der Waals surface area (Å²) in [5.74, 6) is 0. The van der Waals surface area contributed by atoms with Crippen LogP contribution in [0.15, 0.2) is 24.3 Å². The van der Waals surface area contributed by atoms with E-state index in [1.165, 1.54) is 77.0 Å². The van der Waals surface area contributed by atoms with E-state index in [-0.39, 0.29) is 0 Å². The number of allylic oxidation sites excluding steroid dienone is 4. The monoisotopic (exact) mass is 306 g/mol. The second-order valence-corrected chi connectivity index (χ2v) is 5.95. The maximum absolute atomic E-state index is 10.1. The predicted molar refractivity (Wildman–Crippen MR) is 95.0 cm³/mol. The number of aldehydes is 2. The highest BCUT2D eigenvalue weighted by atomic mass is 16.1. The zero-order valence-electron chi connectivity index (χ0n) is 14.2. The smallest absolute Gasteiger partial charge is 0.142 e. The molecule has 0 spiro atoms. The first-order valence-corrected chi connectivity index (χ1v) is 9.12. The molecule has 0 fully saturated rings. The molecule has 0 saturated heterocycles. The Morgan fingerprint density at radius 3 is 0.955 bits per heavy atom. The molecule has 0 saturated carbocycles. The molecule has 2 heteroatoms. The van der Waals surface area contributed by atoms with Crippen molar-refractivity contribution in [3.8, 4) is 0 Å². The SMILES string of the molecule is O=CC=CCCCCCCCCCCCCCCC=CC=O. The molecule has 2 nitrogen and oxygen atoms in total. The van der Waals surface area contributed by atoms with E-state index in [0.29, 0.717) is 0 Å². The number of carbonyl (C=O) groups is 2. The molecule has 0 bridgehead atoms. The van der Waals surface area contributed by atoms with E-state index in [9.17, 15) is 9.59 Å². The molecule has 0 radical (unpaired) electrons. The lowest BCUT2D eigenvalue weighted by atomic mass is 10.0. The van der Waals surface area contributed by atoms with Gasteiger partial charge in [0.25, 0.3) is 0 Å².